The van der Waals surface area contributed by atoms with Crippen molar-refractivity contribution in [1.82, 2.24) is 5.32 Å². The lowest BCUT2D eigenvalue weighted by atomic mass is 9.97. The molecule has 0 amide bonds. The van der Waals surface area contributed by atoms with Crippen LogP contribution in [0.4, 0.5) is 5.69 Å². The third-order valence-corrected chi connectivity index (χ3v) is 2.48. The largest absolute Gasteiger partial charge is 0.373 e. The van der Waals surface area contributed by atoms with Crippen molar-refractivity contribution in [2.24, 2.45) is 5.41 Å². The van der Waals surface area contributed by atoms with Gasteiger partial charge in [-0.25, -0.2) is 0 Å². The highest BCUT2D eigenvalue weighted by Crippen LogP contribution is 2.11. The van der Waals surface area contributed by atoms with Crippen LogP contribution in [0.1, 0.15) is 20.8 Å². The number of hydrogen-bond acceptors (Lipinski definition) is 2. The third-order valence-electron chi connectivity index (χ3n) is 2.48. The summed E-state index contributed by atoms with van der Waals surface area (Å²) in [5.74, 6) is 0. The summed E-state index contributed by atoms with van der Waals surface area (Å²) in [4.78, 5) is 2.27. The molecule has 1 N–H and O–H groups in total. The van der Waals surface area contributed by atoms with Crippen LogP contribution in [0.15, 0.2) is 30.3 Å². The van der Waals surface area contributed by atoms with Gasteiger partial charge in [0.2, 0.25) is 0 Å². The second-order valence-corrected chi connectivity index (χ2v) is 5.49. The zero-order valence-corrected chi connectivity index (χ0v) is 11.0. The normalized spacial score (nSPS) is 11.5. The number of benzene rings is 1. The van der Waals surface area contributed by atoms with Gasteiger partial charge in [0.25, 0.3) is 0 Å². The van der Waals surface area contributed by atoms with Crippen LogP contribution in [0, 0.1) is 5.41 Å². The first kappa shape index (κ1) is 13.0. The van der Waals surface area contributed by atoms with E-state index in [0.717, 1.165) is 19.6 Å². The molecular weight excluding hydrogens is 196 g/mol. The Morgan fingerprint density at radius 1 is 1.12 bits per heavy atom. The number of hydrogen-bond donors (Lipinski definition) is 1. The maximum absolute atomic E-state index is 3.48. The summed E-state index contributed by atoms with van der Waals surface area (Å²) in [6.07, 6.45) is 0. The van der Waals surface area contributed by atoms with E-state index in [1.807, 2.05) is 0 Å². The Hall–Kier alpha value is -1.02. The molecule has 0 aliphatic carbocycles. The molecular formula is C14H24N2. The Labute approximate surface area is 99.7 Å². The first-order valence-corrected chi connectivity index (χ1v) is 5.96. The van der Waals surface area contributed by atoms with E-state index in [9.17, 15) is 0 Å². The predicted molar refractivity (Wildman–Crippen MR) is 72.0 cm³/mol. The average Bonchev–Trinajstić information content (AvgIpc) is 2.24. The summed E-state index contributed by atoms with van der Waals surface area (Å²) in [5, 5.41) is 3.48. The predicted octanol–water partition coefficient (Wildman–Crippen LogP) is 2.76. The van der Waals surface area contributed by atoms with E-state index < -0.39 is 0 Å². The van der Waals surface area contributed by atoms with Gasteiger partial charge in [0, 0.05) is 32.4 Å². The molecule has 0 bridgehead atoms. The van der Waals surface area contributed by atoms with E-state index in [1.165, 1.54) is 5.69 Å². The minimum absolute atomic E-state index is 0.366. The van der Waals surface area contributed by atoms with Crippen molar-refractivity contribution in [2.45, 2.75) is 20.8 Å². The van der Waals surface area contributed by atoms with Gasteiger partial charge in [-0.1, -0.05) is 39.0 Å². The van der Waals surface area contributed by atoms with Crippen LogP contribution in [-0.2, 0) is 0 Å². The fourth-order valence-corrected chi connectivity index (χ4v) is 1.52. The highest BCUT2D eigenvalue weighted by atomic mass is 15.1. The monoisotopic (exact) mass is 220 g/mol. The molecule has 0 saturated carbocycles. The smallest absolute Gasteiger partial charge is 0.0364 e. The van der Waals surface area contributed by atoms with Crippen LogP contribution in [-0.4, -0.2) is 26.7 Å². The van der Waals surface area contributed by atoms with Gasteiger partial charge in [-0.3, -0.25) is 0 Å². The van der Waals surface area contributed by atoms with Crippen LogP contribution in [0.25, 0.3) is 0 Å². The number of rotatable bonds is 5. The molecule has 0 fully saturated rings. The summed E-state index contributed by atoms with van der Waals surface area (Å²) < 4.78 is 0. The molecule has 1 aromatic rings. The standard InChI is InChI=1S/C14H24N2/c1-14(2,3)12-15-10-11-16(4)13-8-6-5-7-9-13/h5-9,15H,10-12H2,1-4H3. The molecule has 0 radical (unpaired) electrons. The van der Waals surface area contributed by atoms with Crippen molar-refractivity contribution in [3.63, 3.8) is 0 Å². The Morgan fingerprint density at radius 2 is 1.75 bits per heavy atom. The van der Waals surface area contributed by atoms with Gasteiger partial charge in [-0.05, 0) is 17.5 Å². The molecule has 2 heteroatoms. The Bertz CT molecular complexity index is 287. The van der Waals surface area contributed by atoms with E-state index in [1.54, 1.807) is 0 Å². The Balaban J connectivity index is 2.24. The third kappa shape index (κ3) is 5.17. The van der Waals surface area contributed by atoms with E-state index in [4.69, 9.17) is 0 Å². The minimum atomic E-state index is 0.366. The molecule has 1 rings (SSSR count). The van der Waals surface area contributed by atoms with Gasteiger partial charge in [0.1, 0.15) is 0 Å². The van der Waals surface area contributed by atoms with Crippen molar-refractivity contribution in [1.29, 1.82) is 0 Å². The fraction of sp³-hybridized carbons (Fsp3) is 0.571. The molecule has 0 aliphatic rings. The van der Waals surface area contributed by atoms with E-state index in [0.29, 0.717) is 5.41 Å². The molecule has 0 aromatic heterocycles. The average molecular weight is 220 g/mol. The van der Waals surface area contributed by atoms with Gasteiger partial charge < -0.3 is 10.2 Å². The quantitative estimate of drug-likeness (QED) is 0.768. The second kappa shape index (κ2) is 5.90. The molecule has 0 aliphatic heterocycles. The molecule has 90 valence electrons. The maximum Gasteiger partial charge on any atom is 0.0364 e. The van der Waals surface area contributed by atoms with Crippen LogP contribution in [0.3, 0.4) is 0 Å². The van der Waals surface area contributed by atoms with Gasteiger partial charge in [-0.2, -0.15) is 0 Å². The van der Waals surface area contributed by atoms with E-state index in [-0.39, 0.29) is 0 Å². The maximum atomic E-state index is 3.48. The molecule has 0 unspecified atom stereocenters. The zero-order chi connectivity index (χ0) is 12.0. The van der Waals surface area contributed by atoms with Crippen molar-refractivity contribution in [2.75, 3.05) is 31.6 Å². The molecule has 1 aromatic carbocycles. The molecule has 0 spiro atoms. The van der Waals surface area contributed by atoms with Crippen molar-refractivity contribution in [3.8, 4) is 0 Å². The lowest BCUT2D eigenvalue weighted by Gasteiger charge is -2.22. The van der Waals surface area contributed by atoms with Gasteiger partial charge >= 0.3 is 0 Å². The highest BCUT2D eigenvalue weighted by Gasteiger charge is 2.08. The van der Waals surface area contributed by atoms with Gasteiger partial charge in [-0.15, -0.1) is 0 Å². The number of anilines is 1. The number of likely N-dealkylation sites (N-methyl/N-ethyl adjacent to an activating group) is 1. The lowest BCUT2D eigenvalue weighted by Crippen LogP contribution is -2.33. The fourth-order valence-electron chi connectivity index (χ4n) is 1.52. The summed E-state index contributed by atoms with van der Waals surface area (Å²) in [6.45, 7) is 9.89. The van der Waals surface area contributed by atoms with Crippen molar-refractivity contribution >= 4 is 5.69 Å². The van der Waals surface area contributed by atoms with Gasteiger partial charge in [0.15, 0.2) is 0 Å². The first-order chi connectivity index (χ1) is 7.49. The zero-order valence-electron chi connectivity index (χ0n) is 11.0. The van der Waals surface area contributed by atoms with Crippen LogP contribution >= 0.6 is 0 Å². The molecule has 0 atom stereocenters. The van der Waals surface area contributed by atoms with Crippen LogP contribution in [0.5, 0.6) is 0 Å². The Kier molecular flexibility index (Phi) is 4.81. The molecule has 16 heavy (non-hydrogen) atoms. The van der Waals surface area contributed by atoms with Crippen molar-refractivity contribution < 1.29 is 0 Å². The summed E-state index contributed by atoms with van der Waals surface area (Å²) in [5.41, 5.74) is 1.64. The summed E-state index contributed by atoms with van der Waals surface area (Å²) in [7, 11) is 2.13. The lowest BCUT2D eigenvalue weighted by molar-refractivity contribution is 0.382. The first-order valence-electron chi connectivity index (χ1n) is 5.96. The highest BCUT2D eigenvalue weighted by molar-refractivity contribution is 5.44. The minimum Gasteiger partial charge on any atom is -0.373 e. The number of para-hydroxylation sites is 1. The van der Waals surface area contributed by atoms with E-state index >= 15 is 0 Å². The van der Waals surface area contributed by atoms with Crippen molar-refractivity contribution in [3.05, 3.63) is 30.3 Å². The molecule has 0 saturated heterocycles. The van der Waals surface area contributed by atoms with E-state index in [2.05, 4.69) is 68.4 Å². The summed E-state index contributed by atoms with van der Waals surface area (Å²) >= 11 is 0. The SMILES string of the molecule is CN(CCNCC(C)(C)C)c1ccccc1. The second-order valence-electron chi connectivity index (χ2n) is 5.49. The van der Waals surface area contributed by atoms with Gasteiger partial charge in [0.05, 0.1) is 0 Å². The number of nitrogens with zero attached hydrogens (tertiary/aromatic N) is 1. The molecule has 0 heterocycles. The van der Waals surface area contributed by atoms with Crippen LogP contribution in [0.2, 0.25) is 0 Å². The Morgan fingerprint density at radius 3 is 2.31 bits per heavy atom. The molecule has 2 nitrogen and oxygen atoms in total. The van der Waals surface area contributed by atoms with Crippen LogP contribution < -0.4 is 10.2 Å². The topological polar surface area (TPSA) is 15.3 Å². The summed E-state index contributed by atoms with van der Waals surface area (Å²) in [6, 6.07) is 10.5. The number of nitrogens with one attached hydrogen (secondary N) is 1.